The van der Waals surface area contributed by atoms with E-state index in [1.807, 2.05) is 0 Å². The third kappa shape index (κ3) is 6.46. The van der Waals surface area contributed by atoms with Crippen LogP contribution in [0.5, 0.6) is 11.5 Å². The molecule has 1 amide bonds. The van der Waals surface area contributed by atoms with E-state index in [2.05, 4.69) is 39.7 Å². The summed E-state index contributed by atoms with van der Waals surface area (Å²) in [5.74, 6) is 0.763. The monoisotopic (exact) mass is 540 g/mol. The molecular weight excluding hydrogens is 511 g/mol. The summed E-state index contributed by atoms with van der Waals surface area (Å²) in [5, 5.41) is 3.20. The largest absolute Gasteiger partial charge is 0.496 e. The summed E-state index contributed by atoms with van der Waals surface area (Å²) < 4.78 is 24.8. The molecule has 6 nitrogen and oxygen atoms in total. The van der Waals surface area contributed by atoms with E-state index in [1.165, 1.54) is 12.1 Å². The van der Waals surface area contributed by atoms with Gasteiger partial charge in [0.25, 0.3) is 5.91 Å². The third-order valence-corrected chi connectivity index (χ3v) is 6.57. The van der Waals surface area contributed by atoms with Gasteiger partial charge in [-0.3, -0.25) is 4.79 Å². The van der Waals surface area contributed by atoms with Crippen molar-refractivity contribution in [2.75, 3.05) is 39.1 Å². The van der Waals surface area contributed by atoms with Crippen LogP contribution in [0.3, 0.4) is 0 Å². The molecule has 3 N–H and O–H groups in total. The number of amides is 1. The summed E-state index contributed by atoms with van der Waals surface area (Å²) in [4.78, 5) is 15.3. The van der Waals surface area contributed by atoms with E-state index >= 15 is 0 Å². The summed E-state index contributed by atoms with van der Waals surface area (Å²) >= 11 is 2.12. The standard InChI is InChI=1S/C23H29FIN3O3/c1-23(27-22(29)18-14-19(25)20(26)15-21(18)30-2)8-11-28(12-9-23)10-3-13-31-17-6-4-16(24)5-7-17/h4-7,14-15H,3,8-13,26H2,1-2H3,(H,27,29)/i24-1. The number of hydrogen-bond donors (Lipinski definition) is 2. The van der Waals surface area contributed by atoms with Crippen molar-refractivity contribution in [1.29, 1.82) is 0 Å². The second-order valence-corrected chi connectivity index (χ2v) is 9.25. The molecule has 0 saturated carbocycles. The Morgan fingerprint density at radius 2 is 1.94 bits per heavy atom. The maximum atomic E-state index is 12.9. The van der Waals surface area contributed by atoms with Gasteiger partial charge in [0, 0.05) is 40.5 Å². The van der Waals surface area contributed by atoms with Crippen LogP contribution in [0.1, 0.15) is 36.5 Å². The quantitative estimate of drug-likeness (QED) is 0.300. The molecular formula is C23H29FIN3O3. The molecule has 2 aromatic carbocycles. The lowest BCUT2D eigenvalue weighted by atomic mass is 9.89. The van der Waals surface area contributed by atoms with E-state index in [0.717, 1.165) is 42.5 Å². The smallest absolute Gasteiger partial charge is 0.255 e. The van der Waals surface area contributed by atoms with Crippen molar-refractivity contribution in [3.63, 3.8) is 0 Å². The number of nitrogens with two attached hydrogens (primary N) is 1. The van der Waals surface area contributed by atoms with Gasteiger partial charge in [-0.2, -0.15) is 0 Å². The van der Waals surface area contributed by atoms with Crippen LogP contribution in [0.2, 0.25) is 0 Å². The number of piperidine rings is 1. The number of benzene rings is 2. The van der Waals surface area contributed by atoms with E-state index in [4.69, 9.17) is 15.2 Å². The first-order valence-corrected chi connectivity index (χ1v) is 11.4. The maximum Gasteiger partial charge on any atom is 0.255 e. The van der Waals surface area contributed by atoms with Crippen LogP contribution >= 0.6 is 22.6 Å². The van der Waals surface area contributed by atoms with Gasteiger partial charge in [0.1, 0.15) is 17.3 Å². The first-order chi connectivity index (χ1) is 14.8. The number of nitrogens with one attached hydrogen (secondary N) is 1. The van der Waals surface area contributed by atoms with Crippen LogP contribution < -0.4 is 20.5 Å². The molecule has 0 unspecified atom stereocenters. The first kappa shape index (κ1) is 23.6. The number of ether oxygens (including phenoxy) is 2. The molecule has 1 fully saturated rings. The minimum Gasteiger partial charge on any atom is -0.496 e. The number of halogens is 2. The Hall–Kier alpha value is -2.07. The van der Waals surface area contributed by atoms with Crippen molar-refractivity contribution < 1.29 is 18.7 Å². The van der Waals surface area contributed by atoms with Gasteiger partial charge < -0.3 is 25.4 Å². The third-order valence-electron chi connectivity index (χ3n) is 5.64. The molecule has 0 aromatic heterocycles. The first-order valence-electron chi connectivity index (χ1n) is 10.4. The molecule has 1 aliphatic rings. The van der Waals surface area contributed by atoms with Gasteiger partial charge in [-0.05, 0) is 79.1 Å². The van der Waals surface area contributed by atoms with Crippen LogP contribution in [-0.2, 0) is 0 Å². The van der Waals surface area contributed by atoms with Gasteiger partial charge in [-0.1, -0.05) is 0 Å². The van der Waals surface area contributed by atoms with E-state index in [9.17, 15) is 9.18 Å². The predicted octanol–water partition coefficient (Wildman–Crippen LogP) is 4.07. The minimum absolute atomic E-state index is 0.140. The lowest BCUT2D eigenvalue weighted by molar-refractivity contribution is 0.0827. The van der Waals surface area contributed by atoms with Crippen LogP contribution in [0.25, 0.3) is 0 Å². The van der Waals surface area contributed by atoms with Crippen molar-refractivity contribution in [3.8, 4) is 11.5 Å². The molecule has 1 saturated heterocycles. The Kier molecular flexibility index (Phi) is 7.99. The summed E-state index contributed by atoms with van der Waals surface area (Å²) in [6.07, 6.45) is 2.62. The Morgan fingerprint density at radius 3 is 2.58 bits per heavy atom. The Labute approximate surface area is 196 Å². The zero-order chi connectivity index (χ0) is 22.4. The molecule has 0 atom stereocenters. The molecule has 8 heteroatoms. The molecule has 3 rings (SSSR count). The topological polar surface area (TPSA) is 76.8 Å². The van der Waals surface area contributed by atoms with Crippen molar-refractivity contribution >= 4 is 34.2 Å². The van der Waals surface area contributed by atoms with E-state index in [1.54, 1.807) is 31.4 Å². The van der Waals surface area contributed by atoms with E-state index < -0.39 is 0 Å². The van der Waals surface area contributed by atoms with Gasteiger partial charge in [0.05, 0.1) is 19.3 Å². The number of carbonyl (C=O) groups excluding carboxylic acids is 1. The van der Waals surface area contributed by atoms with E-state index in [0.29, 0.717) is 29.4 Å². The van der Waals surface area contributed by atoms with Crippen molar-refractivity contribution in [1.82, 2.24) is 10.2 Å². The van der Waals surface area contributed by atoms with Gasteiger partial charge >= 0.3 is 0 Å². The number of likely N-dealkylation sites (tertiary alicyclic amines) is 1. The van der Waals surface area contributed by atoms with Gasteiger partial charge in [0.15, 0.2) is 0 Å². The molecule has 0 bridgehead atoms. The average molecular weight is 540 g/mol. The summed E-state index contributed by atoms with van der Waals surface area (Å²) in [7, 11) is 1.54. The van der Waals surface area contributed by atoms with Crippen molar-refractivity contribution in [2.45, 2.75) is 31.7 Å². The number of methoxy groups -OCH3 is 1. The molecule has 2 aromatic rings. The molecule has 168 valence electrons. The summed E-state index contributed by atoms with van der Waals surface area (Å²) in [5.41, 5.74) is 6.76. The number of anilines is 1. The highest BCUT2D eigenvalue weighted by atomic mass is 127. The van der Waals surface area contributed by atoms with Crippen LogP contribution in [0.4, 0.5) is 10.1 Å². The van der Waals surface area contributed by atoms with Crippen LogP contribution in [0, 0.1) is 9.39 Å². The van der Waals surface area contributed by atoms with Crippen LogP contribution in [-0.4, -0.2) is 49.7 Å². The highest BCUT2D eigenvalue weighted by Gasteiger charge is 2.32. The number of carbonyl (C=O) groups is 1. The number of nitrogen functional groups attached to an aromatic ring is 1. The maximum absolute atomic E-state index is 12.9. The Morgan fingerprint density at radius 1 is 1.26 bits per heavy atom. The fourth-order valence-electron chi connectivity index (χ4n) is 3.66. The predicted molar refractivity (Wildman–Crippen MR) is 128 cm³/mol. The number of nitrogens with zero attached hydrogens (tertiary/aromatic N) is 1. The van der Waals surface area contributed by atoms with Gasteiger partial charge in [0.2, 0.25) is 0 Å². The molecule has 0 spiro atoms. The zero-order valence-electron chi connectivity index (χ0n) is 17.9. The minimum atomic E-state index is -0.268. The second-order valence-electron chi connectivity index (χ2n) is 8.09. The summed E-state index contributed by atoms with van der Waals surface area (Å²) in [6, 6.07) is 9.54. The molecule has 0 radical (unpaired) electrons. The highest BCUT2D eigenvalue weighted by molar-refractivity contribution is 14.1. The number of hydrogen-bond acceptors (Lipinski definition) is 5. The summed E-state index contributed by atoms with van der Waals surface area (Å²) in [6.45, 7) is 5.42. The lowest BCUT2D eigenvalue weighted by Crippen LogP contribution is -2.53. The Balaban J connectivity index is 1.45. The molecule has 31 heavy (non-hydrogen) atoms. The van der Waals surface area contributed by atoms with Crippen LogP contribution in [0.15, 0.2) is 36.4 Å². The molecule has 1 aliphatic heterocycles. The van der Waals surface area contributed by atoms with Crippen molar-refractivity contribution in [3.05, 3.63) is 51.3 Å². The molecule has 1 heterocycles. The fraction of sp³-hybridized carbons (Fsp3) is 0.435. The fourth-order valence-corrected chi connectivity index (χ4v) is 4.13. The average Bonchev–Trinajstić information content (AvgIpc) is 2.75. The van der Waals surface area contributed by atoms with Crippen molar-refractivity contribution in [2.24, 2.45) is 0 Å². The van der Waals surface area contributed by atoms with Gasteiger partial charge in [-0.15, -0.1) is 0 Å². The Bertz CT molecular complexity index is 900. The normalized spacial score (nSPS) is 16.0. The second kappa shape index (κ2) is 10.5. The lowest BCUT2D eigenvalue weighted by Gasteiger charge is -2.40. The highest BCUT2D eigenvalue weighted by Crippen LogP contribution is 2.28. The zero-order valence-corrected chi connectivity index (χ0v) is 20.1. The van der Waals surface area contributed by atoms with Gasteiger partial charge in [-0.25, -0.2) is 4.39 Å². The molecule has 0 aliphatic carbocycles. The number of rotatable bonds is 8. The van der Waals surface area contributed by atoms with E-state index in [-0.39, 0.29) is 17.3 Å². The SMILES string of the molecule is COc1cc(N)c(I)cc1C(=O)NC1(C)CCN(CCCOc2ccc([18F])cc2)CC1.